The smallest absolute Gasteiger partial charge is 0.262 e. The molecule has 8 heteroatoms. The van der Waals surface area contributed by atoms with Gasteiger partial charge in [-0.1, -0.05) is 24.3 Å². The molecule has 0 bridgehead atoms. The Kier molecular flexibility index (Phi) is 6.22. The molecule has 0 saturated carbocycles. The average molecular weight is 427 g/mol. The summed E-state index contributed by atoms with van der Waals surface area (Å²) in [5.41, 5.74) is 3.17. The van der Waals surface area contributed by atoms with E-state index in [9.17, 15) is 9.59 Å². The Morgan fingerprint density at radius 1 is 0.938 bits per heavy atom. The van der Waals surface area contributed by atoms with Crippen LogP contribution in [0.1, 0.15) is 16.1 Å². The number of pyridine rings is 1. The summed E-state index contributed by atoms with van der Waals surface area (Å²) in [5, 5.41) is 9.84. The Morgan fingerprint density at radius 2 is 1.78 bits per heavy atom. The maximum absolute atomic E-state index is 12.6. The first-order valence-corrected chi connectivity index (χ1v) is 9.94. The molecule has 160 valence electrons. The number of carbonyl (C=O) groups is 2. The fraction of sp³-hybridized carbons (Fsp3) is 0.0833. The number of aryl methyl sites for hydroxylation is 1. The molecular weight excluding hydrogens is 406 g/mol. The van der Waals surface area contributed by atoms with Crippen LogP contribution in [0, 0.1) is 6.92 Å². The monoisotopic (exact) mass is 427 g/mol. The van der Waals surface area contributed by atoms with E-state index in [0.29, 0.717) is 28.4 Å². The zero-order valence-corrected chi connectivity index (χ0v) is 17.4. The largest absolute Gasteiger partial charge is 0.484 e. The zero-order valence-electron chi connectivity index (χ0n) is 17.4. The summed E-state index contributed by atoms with van der Waals surface area (Å²) < 4.78 is 7.02. The van der Waals surface area contributed by atoms with Crippen LogP contribution in [0.4, 0.5) is 11.4 Å². The second kappa shape index (κ2) is 9.57. The fourth-order valence-corrected chi connectivity index (χ4v) is 2.93. The number of nitrogens with zero attached hydrogens (tertiary/aromatic N) is 3. The number of benzene rings is 2. The lowest BCUT2D eigenvalue weighted by Gasteiger charge is -2.07. The Balaban J connectivity index is 1.38. The molecule has 0 aliphatic heterocycles. The normalized spacial score (nSPS) is 10.4. The number of hydrogen-bond acceptors (Lipinski definition) is 5. The third kappa shape index (κ3) is 5.37. The lowest BCUT2D eigenvalue weighted by atomic mass is 10.2. The number of para-hydroxylation sites is 1. The minimum Gasteiger partial charge on any atom is -0.484 e. The highest BCUT2D eigenvalue weighted by molar-refractivity contribution is 6.04. The lowest BCUT2D eigenvalue weighted by molar-refractivity contribution is -0.118. The Hall–Kier alpha value is -4.46. The molecule has 0 fully saturated rings. The maximum atomic E-state index is 12.6. The predicted molar refractivity (Wildman–Crippen MR) is 121 cm³/mol. The minimum absolute atomic E-state index is 0.112. The number of ether oxygens (including phenoxy) is 1. The summed E-state index contributed by atoms with van der Waals surface area (Å²) in [7, 11) is 0. The van der Waals surface area contributed by atoms with Crippen LogP contribution in [0.5, 0.6) is 5.75 Å². The van der Waals surface area contributed by atoms with Crippen molar-refractivity contribution >= 4 is 23.2 Å². The Morgan fingerprint density at radius 3 is 2.56 bits per heavy atom. The van der Waals surface area contributed by atoms with E-state index < -0.39 is 0 Å². The van der Waals surface area contributed by atoms with E-state index in [0.717, 1.165) is 5.69 Å². The van der Waals surface area contributed by atoms with E-state index in [2.05, 4.69) is 20.7 Å². The maximum Gasteiger partial charge on any atom is 0.262 e. The van der Waals surface area contributed by atoms with Crippen molar-refractivity contribution in [3.63, 3.8) is 0 Å². The van der Waals surface area contributed by atoms with Crippen LogP contribution in [0.15, 0.2) is 85.3 Å². The van der Waals surface area contributed by atoms with E-state index in [1.165, 1.54) is 6.20 Å². The number of hydrogen-bond donors (Lipinski definition) is 2. The fourth-order valence-electron chi connectivity index (χ4n) is 2.93. The van der Waals surface area contributed by atoms with Crippen molar-refractivity contribution in [1.82, 2.24) is 14.8 Å². The van der Waals surface area contributed by atoms with Gasteiger partial charge in [-0.3, -0.25) is 14.6 Å². The van der Waals surface area contributed by atoms with Gasteiger partial charge in [-0.2, -0.15) is 5.10 Å². The SMILES string of the molecule is Cc1ccc(NC(=O)c2cccc(-n3cc(NC(=O)COc4ccccc4)cn3)c2)cn1. The molecule has 4 rings (SSSR count). The molecule has 0 spiro atoms. The van der Waals surface area contributed by atoms with Crippen LogP contribution in [-0.4, -0.2) is 33.2 Å². The minimum atomic E-state index is -0.298. The lowest BCUT2D eigenvalue weighted by Crippen LogP contribution is -2.19. The topological polar surface area (TPSA) is 98.1 Å². The number of carbonyl (C=O) groups excluding carboxylic acids is 2. The quantitative estimate of drug-likeness (QED) is 0.467. The molecule has 0 aliphatic carbocycles. The van der Waals surface area contributed by atoms with E-state index in [1.807, 2.05) is 37.3 Å². The molecule has 0 unspecified atom stereocenters. The summed E-state index contributed by atoms with van der Waals surface area (Å²) >= 11 is 0. The van der Waals surface area contributed by atoms with Gasteiger partial charge in [-0.05, 0) is 49.4 Å². The van der Waals surface area contributed by atoms with Gasteiger partial charge in [-0.15, -0.1) is 0 Å². The molecule has 0 saturated heterocycles. The van der Waals surface area contributed by atoms with Gasteiger partial charge in [-0.25, -0.2) is 4.68 Å². The van der Waals surface area contributed by atoms with E-state index in [4.69, 9.17) is 4.74 Å². The van der Waals surface area contributed by atoms with E-state index in [-0.39, 0.29) is 18.4 Å². The Labute approximate surface area is 184 Å². The number of rotatable bonds is 7. The number of aromatic nitrogens is 3. The van der Waals surface area contributed by atoms with Crippen molar-refractivity contribution in [2.75, 3.05) is 17.2 Å². The molecule has 32 heavy (non-hydrogen) atoms. The van der Waals surface area contributed by atoms with Gasteiger partial charge in [0.25, 0.3) is 11.8 Å². The molecule has 0 aliphatic rings. The van der Waals surface area contributed by atoms with Gasteiger partial charge in [0.15, 0.2) is 6.61 Å². The van der Waals surface area contributed by atoms with E-state index in [1.54, 1.807) is 53.5 Å². The molecule has 4 aromatic rings. The van der Waals surface area contributed by atoms with Crippen molar-refractivity contribution in [1.29, 1.82) is 0 Å². The first kappa shape index (κ1) is 20.8. The number of nitrogens with one attached hydrogen (secondary N) is 2. The second-order valence-electron chi connectivity index (χ2n) is 7.02. The first-order valence-electron chi connectivity index (χ1n) is 9.94. The van der Waals surface area contributed by atoms with Crippen molar-refractivity contribution in [2.24, 2.45) is 0 Å². The van der Waals surface area contributed by atoms with Gasteiger partial charge in [0.2, 0.25) is 0 Å². The van der Waals surface area contributed by atoms with Crippen molar-refractivity contribution < 1.29 is 14.3 Å². The molecular formula is C24H21N5O3. The van der Waals surface area contributed by atoms with Gasteiger partial charge < -0.3 is 15.4 Å². The van der Waals surface area contributed by atoms with Gasteiger partial charge in [0.1, 0.15) is 5.75 Å². The zero-order chi connectivity index (χ0) is 22.3. The summed E-state index contributed by atoms with van der Waals surface area (Å²) in [6, 6.07) is 19.8. The van der Waals surface area contributed by atoms with Crippen molar-refractivity contribution in [3.05, 3.63) is 96.6 Å². The van der Waals surface area contributed by atoms with Crippen molar-refractivity contribution in [2.45, 2.75) is 6.92 Å². The number of amides is 2. The second-order valence-corrected chi connectivity index (χ2v) is 7.02. The molecule has 2 N–H and O–H groups in total. The molecule has 2 aromatic heterocycles. The predicted octanol–water partition coefficient (Wildman–Crippen LogP) is 3.85. The van der Waals surface area contributed by atoms with Crippen LogP contribution in [-0.2, 0) is 4.79 Å². The van der Waals surface area contributed by atoms with Crippen LogP contribution in [0.3, 0.4) is 0 Å². The molecule has 2 amide bonds. The summed E-state index contributed by atoms with van der Waals surface area (Å²) in [6.07, 6.45) is 4.81. The third-order valence-corrected chi connectivity index (χ3v) is 4.52. The summed E-state index contributed by atoms with van der Waals surface area (Å²) in [4.78, 5) is 28.9. The molecule has 2 aromatic carbocycles. The van der Waals surface area contributed by atoms with Gasteiger partial charge in [0.05, 0.1) is 35.7 Å². The highest BCUT2D eigenvalue weighted by atomic mass is 16.5. The first-order chi connectivity index (χ1) is 15.6. The van der Waals surface area contributed by atoms with Gasteiger partial charge in [0, 0.05) is 11.3 Å². The van der Waals surface area contributed by atoms with Crippen molar-refractivity contribution in [3.8, 4) is 11.4 Å². The Bertz CT molecular complexity index is 1220. The summed E-state index contributed by atoms with van der Waals surface area (Å²) in [5.74, 6) is 0.0688. The molecule has 0 radical (unpaired) electrons. The number of anilines is 2. The highest BCUT2D eigenvalue weighted by Crippen LogP contribution is 2.15. The molecule has 8 nitrogen and oxygen atoms in total. The highest BCUT2D eigenvalue weighted by Gasteiger charge is 2.10. The van der Waals surface area contributed by atoms with Crippen LogP contribution in [0.25, 0.3) is 5.69 Å². The van der Waals surface area contributed by atoms with Gasteiger partial charge >= 0.3 is 0 Å². The summed E-state index contributed by atoms with van der Waals surface area (Å²) in [6.45, 7) is 1.77. The van der Waals surface area contributed by atoms with Crippen LogP contribution in [0.2, 0.25) is 0 Å². The molecule has 2 heterocycles. The van der Waals surface area contributed by atoms with E-state index >= 15 is 0 Å². The third-order valence-electron chi connectivity index (χ3n) is 4.52. The average Bonchev–Trinajstić information content (AvgIpc) is 3.28. The standard InChI is InChI=1S/C24H21N5O3/c1-17-10-11-19(13-25-17)28-24(31)18-6-5-7-21(12-18)29-15-20(14-26-29)27-23(30)16-32-22-8-3-2-4-9-22/h2-15H,16H2,1H3,(H,27,30)(H,28,31). The van der Waals surface area contributed by atoms with Crippen LogP contribution < -0.4 is 15.4 Å². The molecule has 0 atom stereocenters. The van der Waals surface area contributed by atoms with Crippen LogP contribution >= 0.6 is 0 Å².